The summed E-state index contributed by atoms with van der Waals surface area (Å²) in [6.07, 6.45) is 6.77. The van der Waals surface area contributed by atoms with Gasteiger partial charge in [0.05, 0.1) is 58.3 Å². The van der Waals surface area contributed by atoms with Gasteiger partial charge in [-0.1, -0.05) is 145 Å². The van der Waals surface area contributed by atoms with E-state index in [4.69, 9.17) is 29.4 Å². The Hall–Kier alpha value is -14.3. The molecule has 3 aromatic heterocycles. The van der Waals surface area contributed by atoms with Crippen LogP contribution >= 0.6 is 0 Å². The van der Waals surface area contributed by atoms with Gasteiger partial charge in [-0.15, -0.1) is 0 Å². The van der Waals surface area contributed by atoms with E-state index in [1.54, 1.807) is 107 Å². The average Bonchev–Trinajstić information content (AvgIpc) is 0.784. The lowest BCUT2D eigenvalue weighted by atomic mass is 9.93. The first-order chi connectivity index (χ1) is 65.6. The van der Waals surface area contributed by atoms with Crippen molar-refractivity contribution < 1.29 is 38.1 Å². The van der Waals surface area contributed by atoms with E-state index in [-0.39, 0.29) is 41.8 Å². The molecule has 12 aromatic rings. The number of likely N-dealkylation sites (N-methyl/N-ethyl adjacent to an activating group) is 2. The van der Waals surface area contributed by atoms with E-state index in [9.17, 15) is 14.4 Å². The summed E-state index contributed by atoms with van der Waals surface area (Å²) in [5.74, 6) is 6.82. The van der Waals surface area contributed by atoms with E-state index in [0.717, 1.165) is 164 Å². The lowest BCUT2D eigenvalue weighted by molar-refractivity contribution is 0.258. The van der Waals surface area contributed by atoms with Gasteiger partial charge >= 0.3 is 18.1 Å². The predicted octanol–water partition coefficient (Wildman–Crippen LogP) is 23.0. The normalized spacial score (nSPS) is 12.6. The number of rotatable bonds is 31. The highest BCUT2D eigenvalue weighted by atomic mass is 16.5. The maximum atomic E-state index is 14.4. The summed E-state index contributed by atoms with van der Waals surface area (Å²) in [5, 5.41) is 19.7. The Morgan fingerprint density at radius 2 is 0.735 bits per heavy atom. The van der Waals surface area contributed by atoms with Gasteiger partial charge in [0, 0.05) is 128 Å². The number of nitrogens with two attached hydrogens (primary N) is 1. The number of para-hydroxylation sites is 3. The van der Waals surface area contributed by atoms with Gasteiger partial charge in [0.25, 0.3) is 0 Å². The minimum absolute atomic E-state index is 0.204. The fraction of sp³-hybridized carbons (Fsp3) is 0.355. The summed E-state index contributed by atoms with van der Waals surface area (Å²) >= 11 is 0. The fourth-order valence-electron chi connectivity index (χ4n) is 15.9. The van der Waals surface area contributed by atoms with Crippen molar-refractivity contribution in [2.75, 3.05) is 184 Å². The van der Waals surface area contributed by atoms with Crippen molar-refractivity contribution in [3.63, 3.8) is 0 Å². The SMILES string of the molecule is CCN(C)CC.CCc1cc(OC)ccc1Nc1cc(N(C(=O)Nc2c(CC)cccc2CC)c2ccc(N)cc2)ncn1.COc1ccc(N(C(=O)Nc2c(C(C)C)cccc2C(C)C)c2cc(Nc3ccc(N4CCN(C)CC4)cc3)ncn2)c(OC)c1.COc1ccc(Nc2cc(N(C(=O)Nc3c(C(C)C)cccc3C(C)C)c3ccc(N4CCN(C)CC4)cc3)ncn2)c(OC)c1. The standard InChI is InChI=1S/2C36H45N7O3.C30H34N6O2.C5H13N/c1-24(2)29-9-8-10-30(25(3)4)35(29)40-36(44)43(27-13-11-26(12-14-27)42-19-17-41(5)18-20-42)34-22-33(37-23-38-34)39-31-16-15-28(45-6)21-32(31)46-7;1-24(2)29-9-8-10-30(25(3)4)35(29)40-36(44)43(31-16-15-28(45-6)21-32(31)46-7)34-22-33(37-23-38-34)39-26-11-13-27(14-12-26)42-19-17-41(5)18-20-42;1-5-20-9-8-10-21(6-2)29(20)35-30(37)36(24-13-11-23(31)12-14-24)28-18-27(32-19-33-28)34-26-16-15-25(38-4)17-22(26)7-3;1-4-6(3)5-2/h2*8-16,21-25H,17-20H2,1-7H3,(H,40,44)(H,37,38,39);8-19H,5-7,31H2,1-4H3,(H,35,37)(H,32,33,34);4-5H2,1-3H3. The zero-order valence-electron chi connectivity index (χ0n) is 82.9. The molecule has 2 aliphatic heterocycles. The van der Waals surface area contributed by atoms with Crippen molar-refractivity contribution in [2.24, 2.45) is 0 Å². The maximum absolute atomic E-state index is 14.4. The van der Waals surface area contributed by atoms with Gasteiger partial charge in [-0.05, 0) is 231 Å². The molecule has 8 N–H and O–H groups in total. The van der Waals surface area contributed by atoms with E-state index in [1.807, 2.05) is 78.9 Å². The predicted molar refractivity (Wildman–Crippen MR) is 557 cm³/mol. The quantitative estimate of drug-likeness (QED) is 0.0199. The second-order valence-electron chi connectivity index (χ2n) is 34.6. The Morgan fingerprint density at radius 1 is 0.375 bits per heavy atom. The fourth-order valence-corrected chi connectivity index (χ4v) is 15.9. The molecule has 0 atom stereocenters. The number of benzene rings is 9. The summed E-state index contributed by atoms with van der Waals surface area (Å²) < 4.78 is 27.5. The van der Waals surface area contributed by atoms with Crippen LogP contribution in [0, 0.1) is 0 Å². The molecule has 5 heterocycles. The Morgan fingerprint density at radius 3 is 1.14 bits per heavy atom. The lowest BCUT2D eigenvalue weighted by Crippen LogP contribution is -2.44. The first-order valence-electron chi connectivity index (χ1n) is 46.8. The minimum Gasteiger partial charge on any atom is -0.497 e. The average molecular weight is 1850 g/mol. The number of carbonyl (C=O) groups is 3. The smallest absolute Gasteiger partial charge is 0.332 e. The van der Waals surface area contributed by atoms with Crippen LogP contribution in [0.5, 0.6) is 28.7 Å². The number of carbonyl (C=O) groups excluding carboxylic acids is 3. The van der Waals surface area contributed by atoms with Crippen LogP contribution in [0.4, 0.5) is 118 Å². The number of nitrogens with zero attached hydrogens (tertiary/aromatic N) is 14. The number of piperazine rings is 2. The molecule has 136 heavy (non-hydrogen) atoms. The van der Waals surface area contributed by atoms with Crippen LogP contribution in [-0.2, 0) is 19.3 Å². The highest BCUT2D eigenvalue weighted by Crippen LogP contribution is 2.42. The van der Waals surface area contributed by atoms with Gasteiger partial charge < -0.3 is 85.8 Å². The number of urea groups is 3. The number of aromatic nitrogens is 6. The molecule has 0 bridgehead atoms. The van der Waals surface area contributed by atoms with Gasteiger partial charge in [-0.2, -0.15) is 0 Å². The van der Waals surface area contributed by atoms with Crippen LogP contribution in [0.3, 0.4) is 0 Å². The number of amides is 6. The Balaban J connectivity index is 0.000000191. The van der Waals surface area contributed by atoms with Gasteiger partial charge in [-0.25, -0.2) is 59.0 Å². The molecule has 0 radical (unpaired) electrons. The number of methoxy groups -OCH3 is 5. The molecule has 9 aromatic carbocycles. The van der Waals surface area contributed by atoms with E-state index in [0.29, 0.717) is 86.3 Å². The zero-order valence-corrected chi connectivity index (χ0v) is 82.9. The largest absolute Gasteiger partial charge is 0.497 e. The highest BCUT2D eigenvalue weighted by molar-refractivity contribution is 6.10. The molecule has 0 aliphatic carbocycles. The monoisotopic (exact) mass is 1840 g/mol. The van der Waals surface area contributed by atoms with E-state index >= 15 is 0 Å². The molecule has 29 nitrogen and oxygen atoms in total. The van der Waals surface area contributed by atoms with Crippen molar-refractivity contribution in [3.8, 4) is 28.7 Å². The maximum Gasteiger partial charge on any atom is 0.332 e. The summed E-state index contributed by atoms with van der Waals surface area (Å²) in [6.45, 7) is 38.0. The number of hydrogen-bond donors (Lipinski definition) is 7. The number of nitrogens with one attached hydrogen (secondary N) is 6. The molecule has 2 aliphatic rings. The first-order valence-corrected chi connectivity index (χ1v) is 46.8. The van der Waals surface area contributed by atoms with Gasteiger partial charge in [-0.3, -0.25) is 0 Å². The van der Waals surface area contributed by atoms with Crippen molar-refractivity contribution in [3.05, 3.63) is 258 Å². The molecule has 2 fully saturated rings. The Kier molecular flexibility index (Phi) is 37.3. The molecule has 0 saturated carbocycles. The zero-order chi connectivity index (χ0) is 97.6. The molecular weight excluding hydrogens is 1710 g/mol. The first kappa shape index (κ1) is 102. The van der Waals surface area contributed by atoms with E-state index in [1.165, 1.54) is 34.5 Å². The molecule has 0 spiro atoms. The third-order valence-corrected chi connectivity index (χ3v) is 24.2. The number of hydrogen-bond acceptors (Lipinski definition) is 23. The Labute approximate surface area is 803 Å². The Bertz CT molecular complexity index is 5810. The molecule has 718 valence electrons. The number of nitrogen functional groups attached to an aromatic ring is 1. The molecule has 2 saturated heterocycles. The third-order valence-electron chi connectivity index (χ3n) is 24.2. The lowest BCUT2D eigenvalue weighted by Gasteiger charge is -2.34. The second-order valence-corrected chi connectivity index (χ2v) is 34.6. The summed E-state index contributed by atoms with van der Waals surface area (Å²) in [6, 6.07) is 63.0. The molecule has 0 unspecified atom stereocenters. The van der Waals surface area contributed by atoms with E-state index in [2.05, 4.69) is 252 Å². The van der Waals surface area contributed by atoms with Crippen LogP contribution in [-0.4, -0.2) is 185 Å². The highest BCUT2D eigenvalue weighted by Gasteiger charge is 2.31. The van der Waals surface area contributed by atoms with Crippen LogP contribution in [0.1, 0.15) is 153 Å². The van der Waals surface area contributed by atoms with Crippen LogP contribution in [0.25, 0.3) is 0 Å². The van der Waals surface area contributed by atoms with Gasteiger partial charge in [0.2, 0.25) is 0 Å². The van der Waals surface area contributed by atoms with Crippen LogP contribution in [0.2, 0.25) is 0 Å². The molecule has 6 amide bonds. The molecule has 14 rings (SSSR count). The van der Waals surface area contributed by atoms with Gasteiger partial charge in [0.1, 0.15) is 82.6 Å². The summed E-state index contributed by atoms with van der Waals surface area (Å²) in [5.41, 5.74) is 23.2. The van der Waals surface area contributed by atoms with Crippen molar-refractivity contribution in [1.29, 1.82) is 0 Å². The van der Waals surface area contributed by atoms with Crippen LogP contribution < -0.4 is 85.8 Å². The van der Waals surface area contributed by atoms with Crippen LogP contribution in [0.15, 0.2) is 219 Å². The van der Waals surface area contributed by atoms with Crippen molar-refractivity contribution in [1.82, 2.24) is 44.6 Å². The summed E-state index contributed by atoms with van der Waals surface area (Å²) in [7, 11) is 14.4. The second kappa shape index (κ2) is 49.6. The minimum atomic E-state index is -0.375. The number of aryl methyl sites for hydroxylation is 3. The van der Waals surface area contributed by atoms with Crippen molar-refractivity contribution in [2.45, 2.75) is 133 Å². The van der Waals surface area contributed by atoms with Crippen molar-refractivity contribution >= 4 is 121 Å². The molecular formula is C107H137N21O8. The number of anilines is 18. The van der Waals surface area contributed by atoms with Gasteiger partial charge in [0.15, 0.2) is 0 Å². The number of ether oxygens (including phenoxy) is 5. The molecule has 29 heteroatoms. The third kappa shape index (κ3) is 26.8. The topological polar surface area (TPSA) is 299 Å². The van der Waals surface area contributed by atoms with E-state index < -0.39 is 0 Å². The summed E-state index contributed by atoms with van der Waals surface area (Å²) in [4.78, 5) is 85.9.